The topological polar surface area (TPSA) is 15.3 Å². The molecule has 3 heteroatoms. The molecule has 2 nitrogen and oxygen atoms in total. The highest BCUT2D eigenvalue weighted by Gasteiger charge is 2.25. The van der Waals surface area contributed by atoms with Gasteiger partial charge in [-0.05, 0) is 30.5 Å². The summed E-state index contributed by atoms with van der Waals surface area (Å²) in [4.78, 5) is 2.59. The molecule has 1 aliphatic heterocycles. The van der Waals surface area contributed by atoms with E-state index in [4.69, 9.17) is 11.6 Å². The third-order valence-electron chi connectivity index (χ3n) is 3.85. The maximum Gasteiger partial charge on any atom is 0.0409 e. The van der Waals surface area contributed by atoms with Crippen LogP contribution in [0.25, 0.3) is 0 Å². The predicted octanol–water partition coefficient (Wildman–Crippen LogP) is 3.30. The molecule has 0 spiro atoms. The summed E-state index contributed by atoms with van der Waals surface area (Å²) >= 11 is 6.06. The third kappa shape index (κ3) is 3.47. The van der Waals surface area contributed by atoms with Gasteiger partial charge in [0.25, 0.3) is 0 Å². The lowest BCUT2D eigenvalue weighted by atomic mass is 10.0. The molecule has 1 N–H and O–H groups in total. The Labute approximate surface area is 115 Å². The molecule has 18 heavy (non-hydrogen) atoms. The van der Waals surface area contributed by atoms with Crippen molar-refractivity contribution in [2.24, 2.45) is 0 Å². The molecule has 2 atom stereocenters. The normalized spacial score (nSPS) is 25.3. The number of benzene rings is 1. The van der Waals surface area contributed by atoms with Gasteiger partial charge in [0, 0.05) is 36.7 Å². The van der Waals surface area contributed by atoms with E-state index in [-0.39, 0.29) is 0 Å². The van der Waals surface area contributed by atoms with E-state index in [0.717, 1.165) is 24.7 Å². The van der Waals surface area contributed by atoms with Crippen LogP contribution in [0, 0.1) is 0 Å². The average Bonchev–Trinajstić information content (AvgIpc) is 2.38. The molecule has 2 rings (SSSR count). The molecule has 1 aromatic carbocycles. The molecule has 0 bridgehead atoms. The Bertz CT molecular complexity index is 381. The summed E-state index contributed by atoms with van der Waals surface area (Å²) in [5.41, 5.74) is 1.32. The van der Waals surface area contributed by atoms with Crippen molar-refractivity contribution >= 4 is 11.6 Å². The van der Waals surface area contributed by atoms with E-state index < -0.39 is 0 Å². The number of hydrogen-bond acceptors (Lipinski definition) is 2. The van der Waals surface area contributed by atoms with E-state index >= 15 is 0 Å². The highest BCUT2D eigenvalue weighted by molar-refractivity contribution is 6.30. The largest absolute Gasteiger partial charge is 0.311 e. The third-order valence-corrected chi connectivity index (χ3v) is 4.09. The lowest BCUT2D eigenvalue weighted by Gasteiger charge is -2.40. The number of nitrogens with zero attached hydrogens (tertiary/aromatic N) is 1. The van der Waals surface area contributed by atoms with Crippen LogP contribution in [-0.4, -0.2) is 30.1 Å². The van der Waals surface area contributed by atoms with E-state index in [1.165, 1.54) is 18.4 Å². The molecule has 0 amide bonds. The Morgan fingerprint density at radius 2 is 2.17 bits per heavy atom. The van der Waals surface area contributed by atoms with E-state index in [0.29, 0.717) is 12.1 Å². The summed E-state index contributed by atoms with van der Waals surface area (Å²) in [6.45, 7) is 7.78. The van der Waals surface area contributed by atoms with Crippen LogP contribution in [0.5, 0.6) is 0 Å². The summed E-state index contributed by atoms with van der Waals surface area (Å²) < 4.78 is 0. The number of hydrogen-bond donors (Lipinski definition) is 1. The maximum absolute atomic E-state index is 6.06. The maximum atomic E-state index is 6.06. The van der Waals surface area contributed by atoms with Crippen LogP contribution in [-0.2, 0) is 6.54 Å². The van der Waals surface area contributed by atoms with Crippen LogP contribution < -0.4 is 5.32 Å². The van der Waals surface area contributed by atoms with Gasteiger partial charge in [0.1, 0.15) is 0 Å². The van der Waals surface area contributed by atoms with Gasteiger partial charge in [-0.15, -0.1) is 0 Å². The van der Waals surface area contributed by atoms with Gasteiger partial charge in [0.05, 0.1) is 0 Å². The van der Waals surface area contributed by atoms with Crippen LogP contribution in [0.2, 0.25) is 5.02 Å². The van der Waals surface area contributed by atoms with E-state index in [1.54, 1.807) is 0 Å². The lowest BCUT2D eigenvalue weighted by Crippen LogP contribution is -2.55. The van der Waals surface area contributed by atoms with Crippen molar-refractivity contribution < 1.29 is 0 Å². The zero-order valence-electron chi connectivity index (χ0n) is 11.3. The molecule has 0 radical (unpaired) electrons. The predicted molar refractivity (Wildman–Crippen MR) is 78.0 cm³/mol. The molecule has 1 heterocycles. The van der Waals surface area contributed by atoms with Crippen molar-refractivity contribution in [3.63, 3.8) is 0 Å². The van der Waals surface area contributed by atoms with Gasteiger partial charge in [-0.3, -0.25) is 4.90 Å². The number of rotatable bonds is 4. The van der Waals surface area contributed by atoms with Gasteiger partial charge in [-0.2, -0.15) is 0 Å². The molecule has 0 saturated carbocycles. The molecule has 0 aliphatic carbocycles. The Hall–Kier alpha value is -0.570. The Morgan fingerprint density at radius 1 is 1.33 bits per heavy atom. The average molecular weight is 267 g/mol. The van der Waals surface area contributed by atoms with Gasteiger partial charge < -0.3 is 5.32 Å². The number of piperazine rings is 1. The van der Waals surface area contributed by atoms with Crippen molar-refractivity contribution in [3.8, 4) is 0 Å². The van der Waals surface area contributed by atoms with Crippen LogP contribution in [0.4, 0.5) is 0 Å². The fourth-order valence-corrected chi connectivity index (χ4v) is 2.88. The molecule has 1 saturated heterocycles. The Morgan fingerprint density at radius 3 is 2.83 bits per heavy atom. The first kappa shape index (κ1) is 13.9. The molecule has 1 fully saturated rings. The fraction of sp³-hybridized carbons (Fsp3) is 0.600. The Balaban J connectivity index is 2.04. The zero-order valence-corrected chi connectivity index (χ0v) is 12.1. The van der Waals surface area contributed by atoms with Gasteiger partial charge in [-0.25, -0.2) is 0 Å². The molecule has 1 aliphatic rings. The molecular formula is C15H23ClN2. The van der Waals surface area contributed by atoms with Crippen molar-refractivity contribution in [1.82, 2.24) is 10.2 Å². The fourth-order valence-electron chi connectivity index (χ4n) is 2.67. The van der Waals surface area contributed by atoms with Crippen LogP contribution >= 0.6 is 11.6 Å². The molecule has 2 unspecified atom stereocenters. The SMILES string of the molecule is CCC1CN(Cc2cccc(Cl)c2)C(CC)CN1. The summed E-state index contributed by atoms with van der Waals surface area (Å²) in [7, 11) is 0. The second-order valence-corrected chi connectivity index (χ2v) is 5.57. The van der Waals surface area contributed by atoms with Gasteiger partial charge in [0.2, 0.25) is 0 Å². The highest BCUT2D eigenvalue weighted by atomic mass is 35.5. The first-order chi connectivity index (χ1) is 8.72. The lowest BCUT2D eigenvalue weighted by molar-refractivity contribution is 0.117. The first-order valence-corrected chi connectivity index (χ1v) is 7.32. The monoisotopic (exact) mass is 266 g/mol. The van der Waals surface area contributed by atoms with Crippen molar-refractivity contribution in [2.75, 3.05) is 13.1 Å². The minimum absolute atomic E-state index is 0.631. The first-order valence-electron chi connectivity index (χ1n) is 6.94. The minimum atomic E-state index is 0.631. The second kappa shape index (κ2) is 6.55. The van der Waals surface area contributed by atoms with Gasteiger partial charge in [-0.1, -0.05) is 37.6 Å². The van der Waals surface area contributed by atoms with Crippen LogP contribution in [0.1, 0.15) is 32.3 Å². The van der Waals surface area contributed by atoms with Crippen LogP contribution in [0.15, 0.2) is 24.3 Å². The molecule has 0 aromatic heterocycles. The minimum Gasteiger partial charge on any atom is -0.311 e. The molecular weight excluding hydrogens is 244 g/mol. The quantitative estimate of drug-likeness (QED) is 0.900. The molecule has 1 aromatic rings. The van der Waals surface area contributed by atoms with Crippen molar-refractivity contribution in [1.29, 1.82) is 0 Å². The van der Waals surface area contributed by atoms with Crippen molar-refractivity contribution in [3.05, 3.63) is 34.9 Å². The Kier molecular flexibility index (Phi) is 5.04. The highest BCUT2D eigenvalue weighted by Crippen LogP contribution is 2.18. The summed E-state index contributed by atoms with van der Waals surface area (Å²) in [6.07, 6.45) is 2.40. The summed E-state index contributed by atoms with van der Waals surface area (Å²) in [5.74, 6) is 0. The van der Waals surface area contributed by atoms with Crippen LogP contribution in [0.3, 0.4) is 0 Å². The van der Waals surface area contributed by atoms with E-state index in [1.807, 2.05) is 12.1 Å². The standard InChI is InChI=1S/C15H23ClN2/c1-3-14-11-18(15(4-2)9-17-14)10-12-6-5-7-13(16)8-12/h5-8,14-15,17H,3-4,9-11H2,1-2H3. The zero-order chi connectivity index (χ0) is 13.0. The smallest absolute Gasteiger partial charge is 0.0409 e. The summed E-state index contributed by atoms with van der Waals surface area (Å²) in [5, 5.41) is 4.47. The van der Waals surface area contributed by atoms with Gasteiger partial charge in [0.15, 0.2) is 0 Å². The molecule has 100 valence electrons. The second-order valence-electron chi connectivity index (χ2n) is 5.13. The van der Waals surface area contributed by atoms with Crippen molar-refractivity contribution in [2.45, 2.75) is 45.3 Å². The number of nitrogens with one attached hydrogen (secondary N) is 1. The summed E-state index contributed by atoms with van der Waals surface area (Å²) in [6, 6.07) is 9.50. The van der Waals surface area contributed by atoms with E-state index in [9.17, 15) is 0 Å². The van der Waals surface area contributed by atoms with Gasteiger partial charge >= 0.3 is 0 Å². The van der Waals surface area contributed by atoms with E-state index in [2.05, 4.69) is 36.2 Å². The number of halogens is 1.